The quantitative estimate of drug-likeness (QED) is 0.487. The second-order valence-electron chi connectivity index (χ2n) is 4.05. The van der Waals surface area contributed by atoms with Crippen LogP contribution in [0.25, 0.3) is 10.8 Å². The van der Waals surface area contributed by atoms with Crippen LogP contribution in [0.1, 0.15) is 34.6 Å². The van der Waals surface area contributed by atoms with Crippen molar-refractivity contribution in [3.05, 3.63) is 42.5 Å². The molecule has 0 heterocycles. The highest BCUT2D eigenvalue weighted by Gasteiger charge is 2.16. The summed E-state index contributed by atoms with van der Waals surface area (Å²) in [4.78, 5) is 23.4. The molecule has 0 radical (unpaired) electrons. The van der Waals surface area contributed by atoms with E-state index in [1.54, 1.807) is 13.8 Å². The second kappa shape index (κ2) is 5.24. The predicted octanol–water partition coefficient (Wildman–Crippen LogP) is 4.45. The molecule has 2 aromatic carbocycles. The molecule has 2 rings (SSSR count). The molecule has 0 aliphatic rings. The van der Waals surface area contributed by atoms with E-state index in [0.29, 0.717) is 11.1 Å². The Morgan fingerprint density at radius 2 is 1.11 bits per heavy atom. The van der Waals surface area contributed by atoms with Gasteiger partial charge in [-0.25, -0.2) is 0 Å². The molecule has 0 N–H and O–H groups in total. The maximum atomic E-state index is 11.7. The lowest BCUT2D eigenvalue weighted by Crippen LogP contribution is -2.01. The van der Waals surface area contributed by atoms with Crippen molar-refractivity contribution in [1.29, 1.82) is 0 Å². The normalized spacial score (nSPS) is 10.7. The van der Waals surface area contributed by atoms with Gasteiger partial charge in [0.25, 0.3) is 0 Å². The first kappa shape index (κ1) is 13.9. The van der Waals surface area contributed by atoms with E-state index in [1.165, 1.54) is 0 Å². The van der Waals surface area contributed by atoms with Gasteiger partial charge in [0, 0.05) is 29.0 Å². The minimum absolute atomic E-state index is 0.0232. The van der Waals surface area contributed by atoms with Gasteiger partial charge in [-0.3, -0.25) is 9.59 Å². The lowest BCUT2D eigenvalue weighted by Gasteiger charge is -2.11. The van der Waals surface area contributed by atoms with Crippen LogP contribution >= 0.6 is 45.2 Å². The maximum absolute atomic E-state index is 11.7. The number of benzene rings is 2. The number of hydrogen-bond acceptors (Lipinski definition) is 2. The summed E-state index contributed by atoms with van der Waals surface area (Å²) >= 11 is 4.41. The topological polar surface area (TPSA) is 34.1 Å². The van der Waals surface area contributed by atoms with Crippen LogP contribution in [0, 0.1) is 7.14 Å². The van der Waals surface area contributed by atoms with Crippen LogP contribution in [-0.4, -0.2) is 11.6 Å². The van der Waals surface area contributed by atoms with Crippen molar-refractivity contribution in [2.45, 2.75) is 13.8 Å². The van der Waals surface area contributed by atoms with Gasteiger partial charge in [0.1, 0.15) is 0 Å². The third kappa shape index (κ3) is 2.32. The lowest BCUT2D eigenvalue weighted by atomic mass is 9.97. The number of ketones is 2. The van der Waals surface area contributed by atoms with Gasteiger partial charge in [-0.2, -0.15) is 0 Å². The Balaban J connectivity index is 3.04. The fraction of sp³-hybridized carbons (Fsp3) is 0.143. The molecule has 0 atom stereocenters. The van der Waals surface area contributed by atoms with Crippen molar-refractivity contribution < 1.29 is 9.59 Å². The Bertz CT molecular complexity index is 616. The van der Waals surface area contributed by atoms with E-state index >= 15 is 0 Å². The zero-order chi connectivity index (χ0) is 13.4. The predicted molar refractivity (Wildman–Crippen MR) is 89.4 cm³/mol. The molecule has 2 aromatic rings. The van der Waals surface area contributed by atoms with Crippen molar-refractivity contribution in [3.8, 4) is 0 Å². The minimum Gasteiger partial charge on any atom is -0.294 e. The molecule has 18 heavy (non-hydrogen) atoms. The van der Waals surface area contributed by atoms with Crippen LogP contribution in [0.2, 0.25) is 0 Å². The number of carbonyl (C=O) groups excluding carboxylic acids is 2. The van der Waals surface area contributed by atoms with E-state index in [1.807, 2.05) is 24.3 Å². The van der Waals surface area contributed by atoms with Crippen molar-refractivity contribution >= 4 is 67.5 Å². The first-order valence-corrected chi connectivity index (χ1v) is 7.52. The SMILES string of the molecule is CC(=O)c1ccc(I)c2c(C(C)=O)ccc(I)c12. The highest BCUT2D eigenvalue weighted by atomic mass is 127. The Morgan fingerprint density at radius 1 is 0.778 bits per heavy atom. The van der Waals surface area contributed by atoms with Gasteiger partial charge in [0.2, 0.25) is 0 Å². The van der Waals surface area contributed by atoms with E-state index in [2.05, 4.69) is 45.2 Å². The van der Waals surface area contributed by atoms with Crippen LogP contribution in [0.3, 0.4) is 0 Å². The highest BCUT2D eigenvalue weighted by Crippen LogP contribution is 2.32. The second-order valence-corrected chi connectivity index (χ2v) is 6.38. The van der Waals surface area contributed by atoms with Crippen LogP contribution in [0.5, 0.6) is 0 Å². The average molecular weight is 464 g/mol. The molecule has 0 aromatic heterocycles. The van der Waals surface area contributed by atoms with Gasteiger partial charge in [-0.15, -0.1) is 0 Å². The van der Waals surface area contributed by atoms with E-state index in [9.17, 15) is 9.59 Å². The van der Waals surface area contributed by atoms with Gasteiger partial charge in [0.15, 0.2) is 11.6 Å². The van der Waals surface area contributed by atoms with Gasteiger partial charge in [-0.1, -0.05) is 0 Å². The fourth-order valence-electron chi connectivity index (χ4n) is 2.00. The molecular weight excluding hydrogens is 454 g/mol. The minimum atomic E-state index is 0.0232. The zero-order valence-electron chi connectivity index (χ0n) is 9.88. The smallest absolute Gasteiger partial charge is 0.160 e. The van der Waals surface area contributed by atoms with Crippen molar-refractivity contribution in [2.75, 3.05) is 0 Å². The summed E-state index contributed by atoms with van der Waals surface area (Å²) < 4.78 is 1.99. The van der Waals surface area contributed by atoms with Gasteiger partial charge in [-0.05, 0) is 83.3 Å². The molecule has 0 unspecified atom stereocenters. The molecule has 0 bridgehead atoms. The number of fused-ring (bicyclic) bond motifs is 1. The van der Waals surface area contributed by atoms with Crippen LogP contribution < -0.4 is 0 Å². The summed E-state index contributed by atoms with van der Waals surface area (Å²) in [5.74, 6) is 0.0463. The van der Waals surface area contributed by atoms with Crippen molar-refractivity contribution in [1.82, 2.24) is 0 Å². The standard InChI is InChI=1S/C14H10I2O2/c1-7(17)9-3-5-12(16)14-10(8(2)18)4-6-11(15)13(9)14/h3-6H,1-2H3. The van der Waals surface area contributed by atoms with Crippen LogP contribution in [0.15, 0.2) is 24.3 Å². The van der Waals surface area contributed by atoms with Gasteiger partial charge >= 0.3 is 0 Å². The van der Waals surface area contributed by atoms with E-state index in [0.717, 1.165) is 17.9 Å². The zero-order valence-corrected chi connectivity index (χ0v) is 14.2. The van der Waals surface area contributed by atoms with Crippen LogP contribution in [-0.2, 0) is 0 Å². The molecule has 2 nitrogen and oxygen atoms in total. The highest BCUT2D eigenvalue weighted by molar-refractivity contribution is 14.1. The Labute approximate surface area is 132 Å². The molecule has 0 aliphatic heterocycles. The average Bonchev–Trinajstić information content (AvgIpc) is 2.29. The number of carbonyl (C=O) groups is 2. The summed E-state index contributed by atoms with van der Waals surface area (Å²) in [6.07, 6.45) is 0. The molecular formula is C14H10I2O2. The van der Waals surface area contributed by atoms with Crippen molar-refractivity contribution in [2.24, 2.45) is 0 Å². The summed E-state index contributed by atoms with van der Waals surface area (Å²) in [6, 6.07) is 7.45. The van der Waals surface area contributed by atoms with E-state index < -0.39 is 0 Å². The number of hydrogen-bond donors (Lipinski definition) is 0. The molecule has 0 amide bonds. The Kier molecular flexibility index (Phi) is 4.05. The molecule has 0 saturated heterocycles. The molecule has 92 valence electrons. The third-order valence-corrected chi connectivity index (χ3v) is 4.62. The summed E-state index contributed by atoms with van der Waals surface area (Å²) in [6.45, 7) is 3.11. The number of halogens is 2. The number of rotatable bonds is 2. The maximum Gasteiger partial charge on any atom is 0.160 e. The lowest BCUT2D eigenvalue weighted by molar-refractivity contribution is 0.100. The largest absolute Gasteiger partial charge is 0.294 e. The first-order valence-electron chi connectivity index (χ1n) is 5.36. The summed E-state index contributed by atoms with van der Waals surface area (Å²) in [5.41, 5.74) is 1.36. The molecule has 0 saturated carbocycles. The fourth-order valence-corrected chi connectivity index (χ4v) is 3.48. The van der Waals surface area contributed by atoms with E-state index in [4.69, 9.17) is 0 Å². The Morgan fingerprint density at radius 3 is 1.39 bits per heavy atom. The first-order chi connectivity index (χ1) is 8.43. The van der Waals surface area contributed by atoms with Gasteiger partial charge in [0.05, 0.1) is 0 Å². The number of Topliss-reactive ketones (excluding diaryl/α,β-unsaturated/α-hetero) is 2. The van der Waals surface area contributed by atoms with Crippen molar-refractivity contribution in [3.63, 3.8) is 0 Å². The third-order valence-electron chi connectivity index (χ3n) is 2.82. The molecule has 0 aliphatic carbocycles. The molecule has 4 heteroatoms. The Hall–Kier alpha value is -0.500. The van der Waals surface area contributed by atoms with E-state index in [-0.39, 0.29) is 11.6 Å². The van der Waals surface area contributed by atoms with Crippen LogP contribution in [0.4, 0.5) is 0 Å². The summed E-state index contributed by atoms with van der Waals surface area (Å²) in [7, 11) is 0. The molecule has 0 spiro atoms. The summed E-state index contributed by atoms with van der Waals surface area (Å²) in [5, 5.41) is 1.78. The molecule has 0 fully saturated rings. The monoisotopic (exact) mass is 464 g/mol. The van der Waals surface area contributed by atoms with Gasteiger partial charge < -0.3 is 0 Å².